The number of halogens is 1. The molecular formula is C14H11FN2. The summed E-state index contributed by atoms with van der Waals surface area (Å²) in [5.41, 5.74) is 3.81. The molecule has 0 atom stereocenters. The number of fused-ring (bicyclic) bond motifs is 1. The molecule has 1 N–H and O–H groups in total. The van der Waals surface area contributed by atoms with Crippen LogP contribution in [0, 0.1) is 12.7 Å². The van der Waals surface area contributed by atoms with E-state index in [0.29, 0.717) is 0 Å². The minimum atomic E-state index is -0.253. The molecule has 0 amide bonds. The first-order valence-corrected chi connectivity index (χ1v) is 5.45. The van der Waals surface area contributed by atoms with Crippen LogP contribution >= 0.6 is 0 Å². The van der Waals surface area contributed by atoms with Crippen LogP contribution in [-0.2, 0) is 0 Å². The lowest BCUT2D eigenvalue weighted by Gasteiger charge is -1.99. The van der Waals surface area contributed by atoms with Crippen molar-refractivity contribution < 1.29 is 4.39 Å². The topological polar surface area (TPSA) is 28.7 Å². The number of hydrogen-bond acceptors (Lipinski definition) is 1. The monoisotopic (exact) mass is 226 g/mol. The third-order valence-corrected chi connectivity index (χ3v) is 2.82. The van der Waals surface area contributed by atoms with E-state index in [4.69, 9.17) is 0 Å². The fourth-order valence-corrected chi connectivity index (χ4v) is 2.00. The molecule has 0 saturated heterocycles. The van der Waals surface area contributed by atoms with Gasteiger partial charge in [-0.1, -0.05) is 23.8 Å². The highest BCUT2D eigenvalue weighted by Crippen LogP contribution is 2.26. The summed E-state index contributed by atoms with van der Waals surface area (Å²) in [7, 11) is 0. The van der Waals surface area contributed by atoms with Gasteiger partial charge in [-0.15, -0.1) is 0 Å². The summed E-state index contributed by atoms with van der Waals surface area (Å²) in [5.74, 6) is -0.253. The van der Waals surface area contributed by atoms with E-state index in [1.807, 2.05) is 25.1 Å². The molecule has 0 aliphatic heterocycles. The van der Waals surface area contributed by atoms with E-state index in [1.165, 1.54) is 17.7 Å². The zero-order valence-corrected chi connectivity index (χ0v) is 9.37. The molecule has 17 heavy (non-hydrogen) atoms. The highest BCUT2D eigenvalue weighted by atomic mass is 19.1. The largest absolute Gasteiger partial charge is 0.277 e. The first-order chi connectivity index (χ1) is 8.24. The highest BCUT2D eigenvalue weighted by molar-refractivity contribution is 5.92. The average molecular weight is 226 g/mol. The molecule has 0 fully saturated rings. The molecule has 0 aliphatic carbocycles. The van der Waals surface area contributed by atoms with Crippen molar-refractivity contribution >= 4 is 10.9 Å². The molecule has 84 valence electrons. The maximum atomic E-state index is 13.1. The highest BCUT2D eigenvalue weighted by Gasteiger charge is 2.08. The maximum absolute atomic E-state index is 13.1. The lowest BCUT2D eigenvalue weighted by molar-refractivity contribution is 0.629. The number of nitrogens with zero attached hydrogens (tertiary/aromatic N) is 1. The molecule has 0 unspecified atom stereocenters. The summed E-state index contributed by atoms with van der Waals surface area (Å²) >= 11 is 0. The Kier molecular flexibility index (Phi) is 2.18. The number of aromatic nitrogens is 2. The summed E-state index contributed by atoms with van der Waals surface area (Å²) in [6.07, 6.45) is 0. The molecule has 2 aromatic carbocycles. The van der Waals surface area contributed by atoms with Crippen LogP contribution in [0.15, 0.2) is 42.5 Å². The van der Waals surface area contributed by atoms with Crippen molar-refractivity contribution in [1.82, 2.24) is 10.2 Å². The number of nitrogens with one attached hydrogen (secondary N) is 1. The number of hydrogen-bond donors (Lipinski definition) is 1. The lowest BCUT2D eigenvalue weighted by atomic mass is 10.1. The molecular weight excluding hydrogens is 215 g/mol. The van der Waals surface area contributed by atoms with E-state index in [0.717, 1.165) is 22.2 Å². The van der Waals surface area contributed by atoms with Gasteiger partial charge in [0, 0.05) is 10.9 Å². The van der Waals surface area contributed by atoms with E-state index in [1.54, 1.807) is 6.07 Å². The Bertz CT molecular complexity index is 686. The van der Waals surface area contributed by atoms with E-state index in [-0.39, 0.29) is 5.82 Å². The van der Waals surface area contributed by atoms with Crippen LogP contribution in [0.4, 0.5) is 4.39 Å². The van der Waals surface area contributed by atoms with Crippen molar-refractivity contribution in [3.8, 4) is 11.3 Å². The van der Waals surface area contributed by atoms with Gasteiger partial charge in [0.05, 0.1) is 11.2 Å². The van der Waals surface area contributed by atoms with Crippen molar-refractivity contribution in [1.29, 1.82) is 0 Å². The van der Waals surface area contributed by atoms with Gasteiger partial charge < -0.3 is 0 Å². The zero-order valence-electron chi connectivity index (χ0n) is 9.37. The van der Waals surface area contributed by atoms with Crippen LogP contribution in [-0.4, -0.2) is 10.2 Å². The SMILES string of the molecule is Cc1cccc(-c2n[nH]c3cc(F)ccc23)c1. The smallest absolute Gasteiger partial charge is 0.125 e. The molecule has 2 nitrogen and oxygen atoms in total. The summed E-state index contributed by atoms with van der Waals surface area (Å²) in [6.45, 7) is 2.04. The fraction of sp³-hybridized carbons (Fsp3) is 0.0714. The van der Waals surface area contributed by atoms with Crippen LogP contribution in [0.5, 0.6) is 0 Å². The normalized spacial score (nSPS) is 10.9. The lowest BCUT2D eigenvalue weighted by Crippen LogP contribution is -1.80. The summed E-state index contributed by atoms with van der Waals surface area (Å²) in [5, 5.41) is 8.05. The van der Waals surface area contributed by atoms with Gasteiger partial charge in [0.1, 0.15) is 5.82 Å². The zero-order chi connectivity index (χ0) is 11.8. The third kappa shape index (κ3) is 1.69. The predicted octanol–water partition coefficient (Wildman–Crippen LogP) is 3.68. The van der Waals surface area contributed by atoms with Gasteiger partial charge in [-0.05, 0) is 31.2 Å². The molecule has 3 rings (SSSR count). The first-order valence-electron chi connectivity index (χ1n) is 5.45. The molecule has 3 heteroatoms. The van der Waals surface area contributed by atoms with Gasteiger partial charge >= 0.3 is 0 Å². The molecule has 1 aromatic heterocycles. The van der Waals surface area contributed by atoms with Crippen molar-refractivity contribution in [2.75, 3.05) is 0 Å². The molecule has 0 saturated carbocycles. The molecule has 0 aliphatic rings. The minimum Gasteiger partial charge on any atom is -0.277 e. The Morgan fingerprint density at radius 1 is 1.12 bits per heavy atom. The first kappa shape index (κ1) is 10.0. The number of rotatable bonds is 1. The van der Waals surface area contributed by atoms with Crippen molar-refractivity contribution in [2.45, 2.75) is 6.92 Å². The van der Waals surface area contributed by atoms with Gasteiger partial charge in [0.2, 0.25) is 0 Å². The Balaban J connectivity index is 2.24. The molecule has 1 heterocycles. The van der Waals surface area contributed by atoms with Crippen molar-refractivity contribution in [3.63, 3.8) is 0 Å². The Morgan fingerprint density at radius 2 is 2.00 bits per heavy atom. The van der Waals surface area contributed by atoms with Crippen molar-refractivity contribution in [2.24, 2.45) is 0 Å². The maximum Gasteiger partial charge on any atom is 0.125 e. The number of H-pyrrole nitrogens is 1. The Labute approximate surface area is 98.1 Å². The summed E-state index contributed by atoms with van der Waals surface area (Å²) in [4.78, 5) is 0. The van der Waals surface area contributed by atoms with Gasteiger partial charge in [-0.3, -0.25) is 5.10 Å². The quantitative estimate of drug-likeness (QED) is 0.673. The van der Waals surface area contributed by atoms with E-state index in [2.05, 4.69) is 16.3 Å². The van der Waals surface area contributed by atoms with E-state index < -0.39 is 0 Å². The van der Waals surface area contributed by atoms with Gasteiger partial charge in [-0.25, -0.2) is 4.39 Å². The van der Waals surface area contributed by atoms with Gasteiger partial charge in [-0.2, -0.15) is 5.10 Å². The average Bonchev–Trinajstić information content (AvgIpc) is 2.71. The van der Waals surface area contributed by atoms with Crippen LogP contribution in [0.3, 0.4) is 0 Å². The Hall–Kier alpha value is -2.16. The third-order valence-electron chi connectivity index (χ3n) is 2.82. The standard InChI is InChI=1S/C14H11FN2/c1-9-3-2-4-10(7-9)14-12-6-5-11(15)8-13(12)16-17-14/h2-8H,1H3,(H,16,17). The Morgan fingerprint density at radius 3 is 2.82 bits per heavy atom. The van der Waals surface area contributed by atoms with Gasteiger partial charge in [0.25, 0.3) is 0 Å². The minimum absolute atomic E-state index is 0.253. The second-order valence-corrected chi connectivity index (χ2v) is 4.13. The van der Waals surface area contributed by atoms with Crippen LogP contribution in [0.2, 0.25) is 0 Å². The second kappa shape index (κ2) is 3.70. The summed E-state index contributed by atoms with van der Waals surface area (Å²) < 4.78 is 13.1. The van der Waals surface area contributed by atoms with Crippen LogP contribution in [0.1, 0.15) is 5.56 Å². The molecule has 0 bridgehead atoms. The van der Waals surface area contributed by atoms with E-state index in [9.17, 15) is 4.39 Å². The predicted molar refractivity (Wildman–Crippen MR) is 66.2 cm³/mol. The van der Waals surface area contributed by atoms with E-state index >= 15 is 0 Å². The molecule has 3 aromatic rings. The second-order valence-electron chi connectivity index (χ2n) is 4.13. The van der Waals surface area contributed by atoms with Crippen LogP contribution in [0.25, 0.3) is 22.2 Å². The number of aromatic amines is 1. The number of aryl methyl sites for hydroxylation is 1. The molecule has 0 radical (unpaired) electrons. The number of benzene rings is 2. The summed E-state index contributed by atoms with van der Waals surface area (Å²) in [6, 6.07) is 12.8. The molecule has 0 spiro atoms. The van der Waals surface area contributed by atoms with Crippen LogP contribution < -0.4 is 0 Å². The van der Waals surface area contributed by atoms with Gasteiger partial charge in [0.15, 0.2) is 0 Å². The van der Waals surface area contributed by atoms with Crippen molar-refractivity contribution in [3.05, 3.63) is 53.8 Å². The fourth-order valence-electron chi connectivity index (χ4n) is 2.00.